The SMILES string of the molecule is Cc1ccc2ccccc2c1OP(=O)(O)Cl. The van der Waals surface area contributed by atoms with E-state index >= 15 is 0 Å². The first-order chi connectivity index (χ1) is 7.47. The van der Waals surface area contributed by atoms with E-state index in [2.05, 4.69) is 0 Å². The van der Waals surface area contributed by atoms with Gasteiger partial charge in [-0.1, -0.05) is 36.4 Å². The molecule has 0 heterocycles. The van der Waals surface area contributed by atoms with Gasteiger partial charge in [-0.25, -0.2) is 4.57 Å². The highest BCUT2D eigenvalue weighted by atomic mass is 35.7. The summed E-state index contributed by atoms with van der Waals surface area (Å²) < 4.78 is 16.0. The van der Waals surface area contributed by atoms with Crippen molar-refractivity contribution in [3.05, 3.63) is 42.0 Å². The summed E-state index contributed by atoms with van der Waals surface area (Å²) in [4.78, 5) is 9.05. The Kier molecular flexibility index (Phi) is 2.94. The fourth-order valence-corrected chi connectivity index (χ4v) is 2.26. The molecule has 5 heteroatoms. The third kappa shape index (κ3) is 2.38. The minimum atomic E-state index is -4.05. The van der Waals surface area contributed by atoms with Crippen molar-refractivity contribution in [2.45, 2.75) is 6.92 Å². The highest BCUT2D eigenvalue weighted by molar-refractivity contribution is 7.80. The van der Waals surface area contributed by atoms with Crippen molar-refractivity contribution < 1.29 is 14.0 Å². The molecular weight excluding hydrogens is 247 g/mol. The summed E-state index contributed by atoms with van der Waals surface area (Å²) in [6.07, 6.45) is 0. The maximum absolute atomic E-state index is 11.1. The topological polar surface area (TPSA) is 46.5 Å². The molecule has 0 saturated carbocycles. The monoisotopic (exact) mass is 256 g/mol. The van der Waals surface area contributed by atoms with Crippen LogP contribution in [0.5, 0.6) is 5.75 Å². The van der Waals surface area contributed by atoms with E-state index < -0.39 is 6.95 Å². The van der Waals surface area contributed by atoms with Crippen molar-refractivity contribution in [3.63, 3.8) is 0 Å². The molecule has 2 aromatic carbocycles. The third-order valence-electron chi connectivity index (χ3n) is 2.28. The predicted molar refractivity (Wildman–Crippen MR) is 65.0 cm³/mol. The Hall–Kier alpha value is -1.02. The summed E-state index contributed by atoms with van der Waals surface area (Å²) >= 11 is 5.23. The highest BCUT2D eigenvalue weighted by Gasteiger charge is 2.19. The van der Waals surface area contributed by atoms with Gasteiger partial charge in [-0.3, -0.25) is 0 Å². The lowest BCUT2D eigenvalue weighted by atomic mass is 10.1. The molecule has 0 saturated heterocycles. The second kappa shape index (κ2) is 4.10. The van der Waals surface area contributed by atoms with E-state index in [1.807, 2.05) is 36.4 Å². The first-order valence-electron chi connectivity index (χ1n) is 4.68. The zero-order valence-corrected chi connectivity index (χ0v) is 10.2. The average Bonchev–Trinajstić information content (AvgIpc) is 2.21. The van der Waals surface area contributed by atoms with Gasteiger partial charge in [0.15, 0.2) is 0 Å². The molecule has 0 spiro atoms. The Morgan fingerprint density at radius 3 is 2.62 bits per heavy atom. The lowest BCUT2D eigenvalue weighted by Crippen LogP contribution is -1.90. The average molecular weight is 257 g/mol. The normalized spacial score (nSPS) is 14.7. The first-order valence-corrected chi connectivity index (χ1v) is 7.16. The molecule has 0 bridgehead atoms. The number of aryl methyl sites for hydroxylation is 1. The molecule has 0 aliphatic rings. The predicted octanol–water partition coefficient (Wildman–Crippen LogP) is 3.87. The first kappa shape index (κ1) is 11.5. The van der Waals surface area contributed by atoms with Crippen molar-refractivity contribution in [1.82, 2.24) is 0 Å². The quantitative estimate of drug-likeness (QED) is 0.830. The van der Waals surface area contributed by atoms with Gasteiger partial charge in [0, 0.05) is 16.6 Å². The van der Waals surface area contributed by atoms with Gasteiger partial charge in [0.2, 0.25) is 0 Å². The van der Waals surface area contributed by atoms with Crippen LogP contribution in [0.1, 0.15) is 5.56 Å². The molecule has 0 amide bonds. The third-order valence-corrected chi connectivity index (χ3v) is 2.90. The number of fused-ring (bicyclic) bond motifs is 1. The van der Waals surface area contributed by atoms with Gasteiger partial charge in [0.1, 0.15) is 5.75 Å². The van der Waals surface area contributed by atoms with E-state index in [1.54, 1.807) is 6.92 Å². The number of halogens is 1. The van der Waals surface area contributed by atoms with Crippen molar-refractivity contribution in [1.29, 1.82) is 0 Å². The Morgan fingerprint density at radius 2 is 1.94 bits per heavy atom. The molecule has 0 radical (unpaired) electrons. The summed E-state index contributed by atoms with van der Waals surface area (Å²) in [7, 11) is 0. The van der Waals surface area contributed by atoms with Crippen LogP contribution in [0.25, 0.3) is 10.8 Å². The summed E-state index contributed by atoms with van der Waals surface area (Å²) in [5, 5.41) is 1.71. The largest absolute Gasteiger partial charge is 0.474 e. The Labute approximate surface area is 97.9 Å². The molecule has 0 aliphatic carbocycles. The van der Waals surface area contributed by atoms with Gasteiger partial charge in [0.25, 0.3) is 0 Å². The van der Waals surface area contributed by atoms with Crippen LogP contribution in [0.4, 0.5) is 0 Å². The van der Waals surface area contributed by atoms with E-state index in [0.717, 1.165) is 16.3 Å². The van der Waals surface area contributed by atoms with E-state index in [1.165, 1.54) is 0 Å². The maximum atomic E-state index is 11.1. The molecule has 16 heavy (non-hydrogen) atoms. The highest BCUT2D eigenvalue weighted by Crippen LogP contribution is 2.50. The molecule has 2 aromatic rings. The number of hydrogen-bond acceptors (Lipinski definition) is 2. The van der Waals surface area contributed by atoms with Crippen LogP contribution >= 0.6 is 18.2 Å². The zero-order valence-electron chi connectivity index (χ0n) is 8.55. The summed E-state index contributed by atoms with van der Waals surface area (Å²) in [6.45, 7) is -2.25. The fourth-order valence-electron chi connectivity index (χ4n) is 1.59. The smallest absolute Gasteiger partial charge is 0.413 e. The maximum Gasteiger partial charge on any atom is 0.474 e. The van der Waals surface area contributed by atoms with Gasteiger partial charge >= 0.3 is 6.95 Å². The van der Waals surface area contributed by atoms with Crippen molar-refractivity contribution in [2.75, 3.05) is 0 Å². The van der Waals surface area contributed by atoms with Crippen LogP contribution in [0.15, 0.2) is 36.4 Å². The molecule has 3 nitrogen and oxygen atoms in total. The number of hydrogen-bond donors (Lipinski definition) is 1. The standard InChI is InChI=1S/C11H10ClO3P/c1-8-6-7-9-4-2-3-5-10(9)11(8)15-16(12,13)14/h2-7H,1H3,(H,13,14). The Balaban J connectivity index is 2.66. The number of benzene rings is 2. The van der Waals surface area contributed by atoms with Gasteiger partial charge in [-0.05, 0) is 17.9 Å². The van der Waals surface area contributed by atoms with E-state index in [0.29, 0.717) is 5.75 Å². The molecule has 1 atom stereocenters. The van der Waals surface area contributed by atoms with E-state index in [9.17, 15) is 4.57 Å². The minimum Gasteiger partial charge on any atom is -0.413 e. The lowest BCUT2D eigenvalue weighted by Gasteiger charge is -2.12. The zero-order chi connectivity index (χ0) is 11.8. The van der Waals surface area contributed by atoms with Gasteiger partial charge in [0.05, 0.1) is 0 Å². The van der Waals surface area contributed by atoms with Crippen LogP contribution in [0, 0.1) is 6.92 Å². The van der Waals surface area contributed by atoms with Crippen LogP contribution in [0.3, 0.4) is 0 Å². The van der Waals surface area contributed by atoms with E-state index in [-0.39, 0.29) is 0 Å². The summed E-state index contributed by atoms with van der Waals surface area (Å²) in [5.74, 6) is 0.360. The number of rotatable bonds is 2. The molecular formula is C11H10ClO3P. The summed E-state index contributed by atoms with van der Waals surface area (Å²) in [5.41, 5.74) is 0.772. The summed E-state index contributed by atoms with van der Waals surface area (Å²) in [6, 6.07) is 11.2. The lowest BCUT2D eigenvalue weighted by molar-refractivity contribution is 0.401. The van der Waals surface area contributed by atoms with Crippen molar-refractivity contribution in [3.8, 4) is 5.75 Å². The van der Waals surface area contributed by atoms with Crippen LogP contribution in [0.2, 0.25) is 0 Å². The van der Waals surface area contributed by atoms with E-state index in [4.69, 9.17) is 20.7 Å². The van der Waals surface area contributed by atoms with Crippen LogP contribution < -0.4 is 4.52 Å². The molecule has 0 fully saturated rings. The van der Waals surface area contributed by atoms with Gasteiger partial charge in [-0.15, -0.1) is 0 Å². The van der Waals surface area contributed by atoms with Gasteiger partial charge < -0.3 is 9.42 Å². The molecule has 0 aromatic heterocycles. The Bertz CT molecular complexity index is 576. The second-order valence-corrected chi connectivity index (χ2v) is 5.84. The molecule has 1 N–H and O–H groups in total. The second-order valence-electron chi connectivity index (χ2n) is 3.48. The van der Waals surface area contributed by atoms with Gasteiger partial charge in [-0.2, -0.15) is 0 Å². The fraction of sp³-hybridized carbons (Fsp3) is 0.0909. The Morgan fingerprint density at radius 1 is 1.25 bits per heavy atom. The molecule has 0 aliphatic heterocycles. The molecule has 84 valence electrons. The van der Waals surface area contributed by atoms with Crippen molar-refractivity contribution in [2.24, 2.45) is 0 Å². The van der Waals surface area contributed by atoms with Crippen LogP contribution in [-0.4, -0.2) is 4.89 Å². The minimum absolute atomic E-state index is 0.360. The molecule has 1 unspecified atom stereocenters. The van der Waals surface area contributed by atoms with Crippen LogP contribution in [-0.2, 0) is 4.57 Å². The van der Waals surface area contributed by atoms with Crippen molar-refractivity contribution >= 4 is 29.0 Å². The molecule has 2 rings (SSSR count).